The number of anilines is 3. The lowest BCUT2D eigenvalue weighted by atomic mass is 10.1. The molecule has 0 bridgehead atoms. The number of ether oxygens (including phenoxy) is 1. The van der Waals surface area contributed by atoms with Crippen LogP contribution in [-0.4, -0.2) is 34.3 Å². The maximum Gasteiger partial charge on any atom is 0.337 e. The van der Waals surface area contributed by atoms with E-state index in [0.29, 0.717) is 23.4 Å². The molecule has 0 radical (unpaired) electrons. The van der Waals surface area contributed by atoms with E-state index in [-0.39, 0.29) is 5.97 Å². The number of hydrogen-bond acceptors (Lipinski definition) is 7. The number of esters is 1. The molecule has 2 aromatic rings. The lowest BCUT2D eigenvalue weighted by Crippen LogP contribution is -2.20. The summed E-state index contributed by atoms with van der Waals surface area (Å²) in [4.78, 5) is 15.9. The van der Waals surface area contributed by atoms with Gasteiger partial charge in [0.15, 0.2) is 5.82 Å². The summed E-state index contributed by atoms with van der Waals surface area (Å²) in [5.74, 6) is 0.796. The minimum absolute atomic E-state index is 0.356. The van der Waals surface area contributed by atoms with Gasteiger partial charge in [-0.2, -0.15) is 10.1 Å². The summed E-state index contributed by atoms with van der Waals surface area (Å²) >= 11 is 0. The van der Waals surface area contributed by atoms with E-state index < -0.39 is 0 Å². The zero-order valence-electron chi connectivity index (χ0n) is 14.4. The Hall–Kier alpha value is -2.70. The fraction of sp³-hybridized carbons (Fsp3) is 0.444. The summed E-state index contributed by atoms with van der Waals surface area (Å²) in [7, 11) is 1.36. The van der Waals surface area contributed by atoms with E-state index in [1.54, 1.807) is 30.5 Å². The zero-order chi connectivity index (χ0) is 17.5. The average Bonchev–Trinajstić information content (AvgIpc) is 2.91. The van der Waals surface area contributed by atoms with Crippen LogP contribution in [0.1, 0.15) is 48.9 Å². The smallest absolute Gasteiger partial charge is 0.337 e. The molecule has 7 heteroatoms. The SMILES string of the molecule is COC(=O)c1ccc(Nc2cnnc(NC3CCCCCC3)n2)cc1. The van der Waals surface area contributed by atoms with Crippen LogP contribution in [0.5, 0.6) is 0 Å². The van der Waals surface area contributed by atoms with Crippen molar-refractivity contribution < 1.29 is 9.53 Å². The van der Waals surface area contributed by atoms with Crippen LogP contribution in [0.3, 0.4) is 0 Å². The molecule has 1 fully saturated rings. The third-order valence-corrected chi connectivity index (χ3v) is 4.33. The lowest BCUT2D eigenvalue weighted by Gasteiger charge is -2.16. The predicted octanol–water partition coefficient (Wildman–Crippen LogP) is 3.54. The molecule has 132 valence electrons. The van der Waals surface area contributed by atoms with Gasteiger partial charge < -0.3 is 15.4 Å². The molecule has 0 amide bonds. The van der Waals surface area contributed by atoms with Crippen molar-refractivity contribution in [3.63, 3.8) is 0 Å². The van der Waals surface area contributed by atoms with Gasteiger partial charge in [-0.05, 0) is 37.1 Å². The van der Waals surface area contributed by atoms with Gasteiger partial charge in [-0.3, -0.25) is 0 Å². The molecule has 1 aliphatic carbocycles. The van der Waals surface area contributed by atoms with Crippen LogP contribution in [0.2, 0.25) is 0 Å². The van der Waals surface area contributed by atoms with E-state index in [2.05, 4.69) is 25.8 Å². The van der Waals surface area contributed by atoms with Crippen LogP contribution in [-0.2, 0) is 4.74 Å². The number of carbonyl (C=O) groups excluding carboxylic acids is 1. The highest BCUT2D eigenvalue weighted by Crippen LogP contribution is 2.20. The Morgan fingerprint density at radius 1 is 1.12 bits per heavy atom. The van der Waals surface area contributed by atoms with Crippen LogP contribution in [0, 0.1) is 0 Å². The van der Waals surface area contributed by atoms with Gasteiger partial charge in [-0.1, -0.05) is 25.7 Å². The molecule has 1 aromatic heterocycles. The molecule has 1 aromatic carbocycles. The van der Waals surface area contributed by atoms with Crippen molar-refractivity contribution in [1.29, 1.82) is 0 Å². The van der Waals surface area contributed by atoms with Crippen LogP contribution >= 0.6 is 0 Å². The fourth-order valence-electron chi connectivity index (χ4n) is 2.99. The molecular formula is C18H23N5O2. The molecule has 0 saturated heterocycles. The van der Waals surface area contributed by atoms with Crippen molar-refractivity contribution in [2.75, 3.05) is 17.7 Å². The van der Waals surface area contributed by atoms with Crippen molar-refractivity contribution in [3.8, 4) is 0 Å². The first-order chi connectivity index (χ1) is 12.2. The summed E-state index contributed by atoms with van der Waals surface area (Å²) in [6.07, 6.45) is 8.98. The normalized spacial score (nSPS) is 15.2. The third-order valence-electron chi connectivity index (χ3n) is 4.33. The molecule has 25 heavy (non-hydrogen) atoms. The number of carbonyl (C=O) groups is 1. The van der Waals surface area contributed by atoms with Crippen molar-refractivity contribution in [3.05, 3.63) is 36.0 Å². The highest BCUT2D eigenvalue weighted by molar-refractivity contribution is 5.89. The van der Waals surface area contributed by atoms with E-state index in [0.717, 1.165) is 18.5 Å². The molecule has 0 unspecified atom stereocenters. The second-order valence-electron chi connectivity index (χ2n) is 6.19. The molecule has 0 spiro atoms. The molecule has 0 atom stereocenters. The minimum atomic E-state index is -0.356. The first kappa shape index (κ1) is 17.1. The fourth-order valence-corrected chi connectivity index (χ4v) is 2.99. The van der Waals surface area contributed by atoms with Gasteiger partial charge in [-0.15, -0.1) is 5.10 Å². The van der Waals surface area contributed by atoms with Crippen LogP contribution in [0.25, 0.3) is 0 Å². The maximum atomic E-state index is 11.5. The molecule has 1 aliphatic rings. The molecule has 3 rings (SSSR count). The maximum absolute atomic E-state index is 11.5. The van der Waals surface area contributed by atoms with Gasteiger partial charge in [0.25, 0.3) is 0 Å². The Kier molecular flexibility index (Phi) is 5.77. The first-order valence-corrected chi connectivity index (χ1v) is 8.66. The Morgan fingerprint density at radius 3 is 2.52 bits per heavy atom. The second kappa shape index (κ2) is 8.41. The molecule has 1 saturated carbocycles. The summed E-state index contributed by atoms with van der Waals surface area (Å²) in [6, 6.07) is 7.42. The van der Waals surface area contributed by atoms with Crippen molar-refractivity contribution in [2.45, 2.75) is 44.6 Å². The van der Waals surface area contributed by atoms with E-state index in [9.17, 15) is 4.79 Å². The number of nitrogens with one attached hydrogen (secondary N) is 2. The molecule has 1 heterocycles. The van der Waals surface area contributed by atoms with Crippen molar-refractivity contribution in [2.24, 2.45) is 0 Å². The van der Waals surface area contributed by atoms with E-state index >= 15 is 0 Å². The summed E-state index contributed by atoms with van der Waals surface area (Å²) in [5, 5.41) is 14.7. The zero-order valence-corrected chi connectivity index (χ0v) is 14.4. The Labute approximate surface area is 147 Å². The lowest BCUT2D eigenvalue weighted by molar-refractivity contribution is 0.0601. The minimum Gasteiger partial charge on any atom is -0.465 e. The number of nitrogens with zero attached hydrogens (tertiary/aromatic N) is 3. The number of aromatic nitrogens is 3. The van der Waals surface area contributed by atoms with Crippen molar-refractivity contribution in [1.82, 2.24) is 15.2 Å². The Bertz CT molecular complexity index is 697. The summed E-state index contributed by atoms with van der Waals surface area (Å²) < 4.78 is 4.69. The Balaban J connectivity index is 1.63. The second-order valence-corrected chi connectivity index (χ2v) is 6.19. The summed E-state index contributed by atoms with van der Waals surface area (Å²) in [6.45, 7) is 0. The van der Waals surface area contributed by atoms with Crippen LogP contribution in [0.15, 0.2) is 30.5 Å². The monoisotopic (exact) mass is 341 g/mol. The predicted molar refractivity (Wildman–Crippen MR) is 96.0 cm³/mol. The standard InChI is InChI=1S/C18H23N5O2/c1-25-17(24)13-8-10-15(11-9-13)20-16-12-19-23-18(22-16)21-14-6-4-2-3-5-7-14/h8-12,14H,2-7H2,1H3,(H2,20,21,22,23). The Morgan fingerprint density at radius 2 is 1.84 bits per heavy atom. The van der Waals surface area contributed by atoms with E-state index in [4.69, 9.17) is 4.74 Å². The molecule has 7 nitrogen and oxygen atoms in total. The molecule has 0 aliphatic heterocycles. The largest absolute Gasteiger partial charge is 0.465 e. The van der Waals surface area contributed by atoms with Crippen LogP contribution < -0.4 is 10.6 Å². The third kappa shape index (κ3) is 4.89. The quantitative estimate of drug-likeness (QED) is 0.635. The first-order valence-electron chi connectivity index (χ1n) is 8.66. The molecule has 2 N–H and O–H groups in total. The number of benzene rings is 1. The van der Waals surface area contributed by atoms with E-state index in [1.165, 1.54) is 32.8 Å². The van der Waals surface area contributed by atoms with Crippen molar-refractivity contribution >= 4 is 23.4 Å². The van der Waals surface area contributed by atoms with Gasteiger partial charge in [0.2, 0.25) is 5.95 Å². The molecular weight excluding hydrogens is 318 g/mol. The average molecular weight is 341 g/mol. The van der Waals surface area contributed by atoms with Gasteiger partial charge in [0.1, 0.15) is 0 Å². The van der Waals surface area contributed by atoms with Crippen LogP contribution in [0.4, 0.5) is 17.5 Å². The highest BCUT2D eigenvalue weighted by atomic mass is 16.5. The van der Waals surface area contributed by atoms with Gasteiger partial charge >= 0.3 is 5.97 Å². The van der Waals surface area contributed by atoms with Gasteiger partial charge in [0, 0.05) is 11.7 Å². The van der Waals surface area contributed by atoms with Gasteiger partial charge in [-0.25, -0.2) is 4.79 Å². The number of hydrogen-bond donors (Lipinski definition) is 2. The summed E-state index contributed by atoms with van der Waals surface area (Å²) in [5.41, 5.74) is 1.32. The number of rotatable bonds is 5. The topological polar surface area (TPSA) is 89.0 Å². The number of methoxy groups -OCH3 is 1. The van der Waals surface area contributed by atoms with E-state index in [1.807, 2.05) is 0 Å². The van der Waals surface area contributed by atoms with Gasteiger partial charge in [0.05, 0.1) is 18.9 Å². The highest BCUT2D eigenvalue weighted by Gasteiger charge is 2.13.